The third-order valence-corrected chi connectivity index (χ3v) is 2.21. The smallest absolute Gasteiger partial charge is 0.160 e. The van der Waals surface area contributed by atoms with Crippen molar-refractivity contribution in [3.8, 4) is 0 Å². The SMILES string of the molecule is CC1C(O)OC(CO)[C@@H](O)C1O. The normalized spacial score (nSPS) is 49.2. The molecule has 4 N–H and O–H groups in total. The van der Waals surface area contributed by atoms with E-state index in [0.717, 1.165) is 0 Å². The maximum absolute atomic E-state index is 9.32. The zero-order chi connectivity index (χ0) is 9.30. The average molecular weight is 178 g/mol. The van der Waals surface area contributed by atoms with Crippen LogP contribution >= 0.6 is 0 Å². The van der Waals surface area contributed by atoms with Crippen LogP contribution < -0.4 is 0 Å². The minimum atomic E-state index is -1.13. The van der Waals surface area contributed by atoms with Crippen LogP contribution in [0.2, 0.25) is 0 Å². The van der Waals surface area contributed by atoms with E-state index in [1.807, 2.05) is 0 Å². The van der Waals surface area contributed by atoms with E-state index < -0.39 is 37.1 Å². The van der Waals surface area contributed by atoms with Crippen molar-refractivity contribution in [2.45, 2.75) is 31.5 Å². The Balaban J connectivity index is 2.63. The molecule has 5 atom stereocenters. The molecular formula is C7H14O5. The summed E-state index contributed by atoms with van der Waals surface area (Å²) in [6.45, 7) is 1.15. The Morgan fingerprint density at radius 3 is 2.25 bits per heavy atom. The number of hydrogen-bond donors (Lipinski definition) is 4. The highest BCUT2D eigenvalue weighted by Crippen LogP contribution is 2.23. The molecule has 0 aromatic rings. The highest BCUT2D eigenvalue weighted by atomic mass is 16.6. The molecule has 0 aromatic heterocycles. The second-order valence-electron chi connectivity index (χ2n) is 3.09. The summed E-state index contributed by atoms with van der Waals surface area (Å²) >= 11 is 0. The summed E-state index contributed by atoms with van der Waals surface area (Å²) < 4.78 is 4.83. The molecule has 0 aliphatic carbocycles. The van der Waals surface area contributed by atoms with E-state index in [2.05, 4.69) is 0 Å². The van der Waals surface area contributed by atoms with Crippen molar-refractivity contribution in [3.63, 3.8) is 0 Å². The van der Waals surface area contributed by atoms with Crippen LogP contribution in [-0.2, 0) is 4.74 Å². The van der Waals surface area contributed by atoms with Crippen molar-refractivity contribution in [1.29, 1.82) is 0 Å². The molecule has 0 bridgehead atoms. The van der Waals surface area contributed by atoms with Gasteiger partial charge in [-0.15, -0.1) is 0 Å². The van der Waals surface area contributed by atoms with Gasteiger partial charge in [0.25, 0.3) is 0 Å². The number of aliphatic hydroxyl groups is 4. The molecule has 5 heteroatoms. The van der Waals surface area contributed by atoms with E-state index in [0.29, 0.717) is 0 Å². The lowest BCUT2D eigenvalue weighted by Crippen LogP contribution is -2.54. The fourth-order valence-electron chi connectivity index (χ4n) is 1.23. The molecule has 0 saturated carbocycles. The van der Waals surface area contributed by atoms with Crippen molar-refractivity contribution in [2.24, 2.45) is 5.92 Å². The summed E-state index contributed by atoms with van der Waals surface area (Å²) in [5.74, 6) is -0.539. The van der Waals surface area contributed by atoms with Crippen LogP contribution in [0.25, 0.3) is 0 Å². The monoisotopic (exact) mass is 178 g/mol. The maximum Gasteiger partial charge on any atom is 0.160 e. The Bertz CT molecular complexity index is 146. The van der Waals surface area contributed by atoms with Gasteiger partial charge in [0.2, 0.25) is 0 Å². The predicted octanol–water partition coefficient (Wildman–Crippen LogP) is -1.95. The third-order valence-electron chi connectivity index (χ3n) is 2.21. The van der Waals surface area contributed by atoms with Crippen molar-refractivity contribution < 1.29 is 25.2 Å². The molecule has 1 rings (SSSR count). The van der Waals surface area contributed by atoms with E-state index in [1.165, 1.54) is 0 Å². The number of ether oxygens (including phenoxy) is 1. The van der Waals surface area contributed by atoms with Gasteiger partial charge in [-0.3, -0.25) is 0 Å². The van der Waals surface area contributed by atoms with Crippen molar-refractivity contribution in [2.75, 3.05) is 6.61 Å². The van der Waals surface area contributed by atoms with Gasteiger partial charge < -0.3 is 25.2 Å². The molecule has 4 unspecified atom stereocenters. The van der Waals surface area contributed by atoms with E-state index in [4.69, 9.17) is 14.9 Å². The van der Waals surface area contributed by atoms with Gasteiger partial charge in [0, 0.05) is 5.92 Å². The van der Waals surface area contributed by atoms with Gasteiger partial charge in [0.15, 0.2) is 6.29 Å². The van der Waals surface area contributed by atoms with Crippen LogP contribution in [0.1, 0.15) is 6.92 Å². The van der Waals surface area contributed by atoms with Crippen LogP contribution in [0.5, 0.6) is 0 Å². The van der Waals surface area contributed by atoms with Gasteiger partial charge in [0.1, 0.15) is 12.2 Å². The fraction of sp³-hybridized carbons (Fsp3) is 1.00. The minimum absolute atomic E-state index is 0.415. The summed E-state index contributed by atoms with van der Waals surface area (Å²) in [6, 6.07) is 0. The standard InChI is InChI=1S/C7H14O5/c1-3-5(9)6(10)4(2-8)12-7(3)11/h3-11H,2H2,1H3/t3?,4?,5?,6-,7?/m1/s1. The minimum Gasteiger partial charge on any atom is -0.394 e. The lowest BCUT2D eigenvalue weighted by Gasteiger charge is -2.38. The van der Waals surface area contributed by atoms with Crippen molar-refractivity contribution in [1.82, 2.24) is 0 Å². The molecule has 1 fully saturated rings. The fourth-order valence-corrected chi connectivity index (χ4v) is 1.23. The topological polar surface area (TPSA) is 90.2 Å². The van der Waals surface area contributed by atoms with Crippen LogP contribution in [0, 0.1) is 5.92 Å². The second-order valence-corrected chi connectivity index (χ2v) is 3.09. The third kappa shape index (κ3) is 1.60. The Labute approximate surface area is 70.2 Å². The van der Waals surface area contributed by atoms with E-state index in [9.17, 15) is 10.2 Å². The van der Waals surface area contributed by atoms with Crippen LogP contribution in [0.4, 0.5) is 0 Å². The molecule has 0 aromatic carbocycles. The van der Waals surface area contributed by atoms with Crippen molar-refractivity contribution >= 4 is 0 Å². The lowest BCUT2D eigenvalue weighted by atomic mass is 9.93. The quantitative estimate of drug-likeness (QED) is 0.375. The first-order valence-electron chi connectivity index (χ1n) is 3.88. The summed E-state index contributed by atoms with van der Waals surface area (Å²) in [5, 5.41) is 36.4. The largest absolute Gasteiger partial charge is 0.394 e. The van der Waals surface area contributed by atoms with Gasteiger partial charge >= 0.3 is 0 Å². The van der Waals surface area contributed by atoms with Gasteiger partial charge in [-0.25, -0.2) is 0 Å². The van der Waals surface area contributed by atoms with Gasteiger partial charge in [-0.05, 0) is 0 Å². The molecule has 1 heterocycles. The molecule has 1 aliphatic rings. The van der Waals surface area contributed by atoms with Crippen LogP contribution in [0.15, 0.2) is 0 Å². The zero-order valence-electron chi connectivity index (χ0n) is 6.79. The molecule has 5 nitrogen and oxygen atoms in total. The summed E-state index contributed by atoms with van der Waals surface area (Å²) in [5.41, 5.74) is 0. The van der Waals surface area contributed by atoms with Crippen molar-refractivity contribution in [3.05, 3.63) is 0 Å². The molecule has 1 saturated heterocycles. The highest BCUT2D eigenvalue weighted by Gasteiger charge is 2.40. The van der Waals surface area contributed by atoms with E-state index >= 15 is 0 Å². The van der Waals surface area contributed by atoms with E-state index in [-0.39, 0.29) is 0 Å². The zero-order valence-corrected chi connectivity index (χ0v) is 6.79. The van der Waals surface area contributed by atoms with E-state index in [1.54, 1.807) is 6.92 Å². The molecule has 0 spiro atoms. The molecule has 0 amide bonds. The molecule has 1 aliphatic heterocycles. The number of hydrogen-bond acceptors (Lipinski definition) is 5. The lowest BCUT2D eigenvalue weighted by molar-refractivity contribution is -0.266. The van der Waals surface area contributed by atoms with Crippen LogP contribution in [-0.4, -0.2) is 51.6 Å². The molecule has 12 heavy (non-hydrogen) atoms. The Hall–Kier alpha value is -0.200. The van der Waals surface area contributed by atoms with Gasteiger partial charge in [-0.2, -0.15) is 0 Å². The summed E-state index contributed by atoms with van der Waals surface area (Å²) in [6.07, 6.45) is -4.20. The molecule has 72 valence electrons. The number of rotatable bonds is 1. The second kappa shape index (κ2) is 3.68. The first kappa shape index (κ1) is 9.88. The first-order valence-corrected chi connectivity index (χ1v) is 3.88. The Morgan fingerprint density at radius 2 is 1.75 bits per heavy atom. The highest BCUT2D eigenvalue weighted by molar-refractivity contribution is 4.86. The van der Waals surface area contributed by atoms with Crippen LogP contribution in [0.3, 0.4) is 0 Å². The van der Waals surface area contributed by atoms with Gasteiger partial charge in [0.05, 0.1) is 12.7 Å². The first-order chi connectivity index (χ1) is 5.57. The molecule has 0 radical (unpaired) electrons. The average Bonchev–Trinajstić information content (AvgIpc) is 2.08. The number of aliphatic hydroxyl groups excluding tert-OH is 4. The van der Waals surface area contributed by atoms with Gasteiger partial charge in [-0.1, -0.05) is 6.92 Å². The Morgan fingerprint density at radius 1 is 1.17 bits per heavy atom. The summed E-state index contributed by atoms with van der Waals surface area (Å²) in [7, 11) is 0. The molecular weight excluding hydrogens is 164 g/mol. The predicted molar refractivity (Wildman–Crippen MR) is 39.1 cm³/mol. The summed E-state index contributed by atoms with van der Waals surface area (Å²) in [4.78, 5) is 0. The maximum atomic E-state index is 9.32. The Kier molecular flexibility index (Phi) is 3.03.